The van der Waals surface area contributed by atoms with Gasteiger partial charge in [-0.15, -0.1) is 0 Å². The zero-order valence-electron chi connectivity index (χ0n) is 25.6. The van der Waals surface area contributed by atoms with E-state index < -0.39 is 5.60 Å². The summed E-state index contributed by atoms with van der Waals surface area (Å²) in [5.41, 5.74) is 0.336. The third-order valence-electron chi connectivity index (χ3n) is 7.73. The molecule has 1 saturated heterocycles. The van der Waals surface area contributed by atoms with E-state index in [1.165, 1.54) is 32.1 Å². The standard InChI is InChI=1S/C32H47N3O6/c1-22(2)35(24-15-16-34(20-24)31(37)41-32(3,4)5)30(36)26-19-28(39-18-17-38-6)25-13-10-14-27(29(25)33-26)40-21-23-11-8-7-9-12-23/h10,13-14,19,22-24H,7-9,11-12,15-18,20-21H2,1-6H3. The summed E-state index contributed by atoms with van der Waals surface area (Å²) in [6.45, 7) is 11.9. The Labute approximate surface area is 244 Å². The van der Waals surface area contributed by atoms with Crippen LogP contribution in [0, 0.1) is 5.92 Å². The molecule has 2 amide bonds. The lowest BCUT2D eigenvalue weighted by molar-refractivity contribution is 0.0268. The molecule has 0 bridgehead atoms. The molecule has 41 heavy (non-hydrogen) atoms. The number of fused-ring (bicyclic) bond motifs is 1. The third kappa shape index (κ3) is 8.03. The first-order chi connectivity index (χ1) is 19.6. The van der Waals surface area contributed by atoms with E-state index in [1.807, 2.05) is 57.7 Å². The third-order valence-corrected chi connectivity index (χ3v) is 7.73. The molecule has 1 aromatic heterocycles. The quantitative estimate of drug-likeness (QED) is 0.320. The highest BCUT2D eigenvalue weighted by molar-refractivity contribution is 5.99. The van der Waals surface area contributed by atoms with Gasteiger partial charge in [-0.3, -0.25) is 4.79 Å². The number of amides is 2. The molecule has 2 aliphatic rings. The highest BCUT2D eigenvalue weighted by Crippen LogP contribution is 2.34. The van der Waals surface area contributed by atoms with Crippen molar-refractivity contribution in [2.45, 2.75) is 90.8 Å². The van der Waals surface area contributed by atoms with E-state index in [-0.39, 0.29) is 24.1 Å². The number of rotatable bonds is 10. The smallest absolute Gasteiger partial charge is 0.410 e. The van der Waals surface area contributed by atoms with Gasteiger partial charge in [0.2, 0.25) is 0 Å². The van der Waals surface area contributed by atoms with Crippen LogP contribution in [0.25, 0.3) is 10.9 Å². The van der Waals surface area contributed by atoms with E-state index in [1.54, 1.807) is 18.1 Å². The Balaban J connectivity index is 1.62. The fourth-order valence-electron chi connectivity index (χ4n) is 5.75. The molecule has 0 radical (unpaired) electrons. The van der Waals surface area contributed by atoms with Gasteiger partial charge in [0.1, 0.15) is 34.9 Å². The number of hydrogen-bond acceptors (Lipinski definition) is 7. The lowest BCUT2D eigenvalue weighted by Crippen LogP contribution is -2.47. The molecule has 2 fully saturated rings. The van der Waals surface area contributed by atoms with Crippen molar-refractivity contribution in [2.75, 3.05) is 40.0 Å². The summed E-state index contributed by atoms with van der Waals surface area (Å²) < 4.78 is 23.2. The first-order valence-electron chi connectivity index (χ1n) is 15.1. The minimum Gasteiger partial charge on any atom is -0.491 e. The number of aromatic nitrogens is 1. The molecule has 1 aromatic carbocycles. The van der Waals surface area contributed by atoms with Crippen LogP contribution in [0.3, 0.4) is 0 Å². The van der Waals surface area contributed by atoms with Crippen LogP contribution in [0.2, 0.25) is 0 Å². The lowest BCUT2D eigenvalue weighted by Gasteiger charge is -2.33. The zero-order valence-corrected chi connectivity index (χ0v) is 25.6. The predicted molar refractivity (Wildman–Crippen MR) is 159 cm³/mol. The van der Waals surface area contributed by atoms with E-state index in [2.05, 4.69) is 0 Å². The maximum absolute atomic E-state index is 14.1. The summed E-state index contributed by atoms with van der Waals surface area (Å²) >= 11 is 0. The van der Waals surface area contributed by atoms with Crippen molar-refractivity contribution in [1.82, 2.24) is 14.8 Å². The predicted octanol–water partition coefficient (Wildman–Crippen LogP) is 6.08. The van der Waals surface area contributed by atoms with E-state index in [4.69, 9.17) is 23.9 Å². The van der Waals surface area contributed by atoms with Gasteiger partial charge in [-0.05, 0) is 71.9 Å². The number of pyridine rings is 1. The largest absolute Gasteiger partial charge is 0.491 e. The van der Waals surface area contributed by atoms with Gasteiger partial charge < -0.3 is 28.7 Å². The summed E-state index contributed by atoms with van der Waals surface area (Å²) in [6, 6.07) is 7.28. The Hall–Kier alpha value is -3.07. The van der Waals surface area contributed by atoms with E-state index in [9.17, 15) is 9.59 Å². The van der Waals surface area contributed by atoms with Crippen LogP contribution in [-0.2, 0) is 9.47 Å². The average Bonchev–Trinajstić information content (AvgIpc) is 3.41. The highest BCUT2D eigenvalue weighted by atomic mass is 16.6. The van der Waals surface area contributed by atoms with Crippen LogP contribution in [0.1, 0.15) is 83.6 Å². The Morgan fingerprint density at radius 3 is 2.49 bits per heavy atom. The molecular formula is C32H47N3O6. The number of benzene rings is 1. The number of likely N-dealkylation sites (tertiary alicyclic amines) is 1. The first-order valence-corrected chi connectivity index (χ1v) is 15.1. The number of carbonyl (C=O) groups excluding carboxylic acids is 2. The lowest BCUT2D eigenvalue weighted by atomic mass is 9.90. The maximum atomic E-state index is 14.1. The summed E-state index contributed by atoms with van der Waals surface area (Å²) in [5.74, 6) is 1.57. The Bertz CT molecular complexity index is 1190. The van der Waals surface area contributed by atoms with Crippen LogP contribution in [0.15, 0.2) is 24.3 Å². The zero-order chi connectivity index (χ0) is 29.6. The van der Waals surface area contributed by atoms with Gasteiger partial charge in [0.25, 0.3) is 5.91 Å². The topological polar surface area (TPSA) is 90.4 Å². The van der Waals surface area contributed by atoms with Gasteiger partial charge in [-0.2, -0.15) is 0 Å². The Morgan fingerprint density at radius 2 is 1.80 bits per heavy atom. The van der Waals surface area contributed by atoms with Crippen LogP contribution >= 0.6 is 0 Å². The van der Waals surface area contributed by atoms with Gasteiger partial charge in [0.05, 0.1) is 19.3 Å². The van der Waals surface area contributed by atoms with Crippen LogP contribution in [0.5, 0.6) is 11.5 Å². The van der Waals surface area contributed by atoms with Crippen molar-refractivity contribution in [2.24, 2.45) is 5.92 Å². The molecule has 1 atom stereocenters. The fourth-order valence-corrected chi connectivity index (χ4v) is 5.75. The Kier molecular flexibility index (Phi) is 10.3. The normalized spacial score (nSPS) is 18.1. The van der Waals surface area contributed by atoms with E-state index in [0.29, 0.717) is 68.0 Å². The first kappa shape index (κ1) is 30.9. The number of ether oxygens (including phenoxy) is 4. The highest BCUT2D eigenvalue weighted by Gasteiger charge is 2.37. The maximum Gasteiger partial charge on any atom is 0.410 e. The molecule has 0 N–H and O–H groups in total. The molecule has 9 heteroatoms. The minimum atomic E-state index is -0.576. The number of hydrogen-bond donors (Lipinski definition) is 0. The molecule has 1 unspecified atom stereocenters. The molecule has 1 aliphatic heterocycles. The second-order valence-electron chi connectivity index (χ2n) is 12.5. The SMILES string of the molecule is COCCOc1cc(C(=O)N(C(C)C)C2CCN(C(=O)OC(C)(C)C)C2)nc2c(OCC3CCCCC3)cccc12. The van der Waals surface area contributed by atoms with Gasteiger partial charge in [0, 0.05) is 37.7 Å². The minimum absolute atomic E-state index is 0.0979. The van der Waals surface area contributed by atoms with Crippen molar-refractivity contribution in [3.63, 3.8) is 0 Å². The molecule has 0 spiro atoms. The molecule has 4 rings (SSSR count). The Morgan fingerprint density at radius 1 is 1.05 bits per heavy atom. The van der Waals surface area contributed by atoms with Gasteiger partial charge in [0.15, 0.2) is 0 Å². The van der Waals surface area contributed by atoms with Gasteiger partial charge >= 0.3 is 6.09 Å². The number of para-hydroxylation sites is 1. The average molecular weight is 570 g/mol. The number of nitrogens with zero attached hydrogens (tertiary/aromatic N) is 3. The second-order valence-corrected chi connectivity index (χ2v) is 12.5. The van der Waals surface area contributed by atoms with Crippen molar-refractivity contribution >= 4 is 22.9 Å². The van der Waals surface area contributed by atoms with Crippen LogP contribution in [-0.4, -0.2) is 84.5 Å². The molecule has 2 aromatic rings. The molecule has 226 valence electrons. The summed E-state index contributed by atoms with van der Waals surface area (Å²) in [7, 11) is 1.63. The van der Waals surface area contributed by atoms with Crippen molar-refractivity contribution in [3.05, 3.63) is 30.0 Å². The van der Waals surface area contributed by atoms with E-state index >= 15 is 0 Å². The van der Waals surface area contributed by atoms with Crippen LogP contribution in [0.4, 0.5) is 4.79 Å². The summed E-state index contributed by atoms with van der Waals surface area (Å²) in [5, 5.41) is 0.798. The van der Waals surface area contributed by atoms with Crippen molar-refractivity contribution < 1.29 is 28.5 Å². The van der Waals surface area contributed by atoms with Gasteiger partial charge in [-0.1, -0.05) is 25.3 Å². The molecule has 1 saturated carbocycles. The second kappa shape index (κ2) is 13.7. The summed E-state index contributed by atoms with van der Waals surface area (Å²) in [4.78, 5) is 35.2. The molecule has 1 aliphatic carbocycles. The van der Waals surface area contributed by atoms with Crippen molar-refractivity contribution in [3.8, 4) is 11.5 Å². The number of carbonyl (C=O) groups is 2. The monoisotopic (exact) mass is 569 g/mol. The van der Waals surface area contributed by atoms with Crippen LogP contribution < -0.4 is 9.47 Å². The molecular weight excluding hydrogens is 522 g/mol. The summed E-state index contributed by atoms with van der Waals surface area (Å²) in [6.07, 6.45) is 6.46. The fraction of sp³-hybridized carbons (Fsp3) is 0.656. The molecule has 9 nitrogen and oxygen atoms in total. The van der Waals surface area contributed by atoms with Crippen molar-refractivity contribution in [1.29, 1.82) is 0 Å². The molecule has 2 heterocycles. The van der Waals surface area contributed by atoms with Gasteiger partial charge in [-0.25, -0.2) is 9.78 Å². The van der Waals surface area contributed by atoms with E-state index in [0.717, 1.165) is 5.39 Å². The number of methoxy groups -OCH3 is 1.